The van der Waals surface area contributed by atoms with E-state index in [0.717, 1.165) is 6.42 Å². The maximum atomic E-state index is 5.45. The van der Waals surface area contributed by atoms with Gasteiger partial charge in [-0.3, -0.25) is 0 Å². The Labute approximate surface area is 71.5 Å². The van der Waals surface area contributed by atoms with Crippen molar-refractivity contribution in [3.8, 4) is 0 Å². The van der Waals surface area contributed by atoms with Crippen LogP contribution in [0.25, 0.3) is 0 Å². The standard InChI is InChI=1S/C9H13NS/c1-8(7-10)4-5-9-3-2-6-11-9/h2-4,6H,5,7,10H2,1H3/b8-4-. The molecular formula is C9H13NS. The van der Waals surface area contributed by atoms with Crippen LogP contribution in [0.2, 0.25) is 0 Å². The Morgan fingerprint density at radius 1 is 1.73 bits per heavy atom. The molecule has 0 aliphatic carbocycles. The van der Waals surface area contributed by atoms with Gasteiger partial charge in [0.2, 0.25) is 0 Å². The molecule has 0 atom stereocenters. The quantitative estimate of drug-likeness (QED) is 0.686. The van der Waals surface area contributed by atoms with Gasteiger partial charge in [0.1, 0.15) is 0 Å². The van der Waals surface area contributed by atoms with E-state index in [0.29, 0.717) is 6.54 Å². The lowest BCUT2D eigenvalue weighted by Crippen LogP contribution is -1.99. The van der Waals surface area contributed by atoms with Crippen molar-refractivity contribution in [2.75, 3.05) is 6.54 Å². The van der Waals surface area contributed by atoms with E-state index in [9.17, 15) is 0 Å². The molecule has 0 aliphatic rings. The predicted octanol–water partition coefficient (Wildman–Crippen LogP) is 2.20. The highest BCUT2D eigenvalue weighted by atomic mass is 32.1. The van der Waals surface area contributed by atoms with Crippen LogP contribution in [0.4, 0.5) is 0 Å². The summed E-state index contributed by atoms with van der Waals surface area (Å²) in [6.45, 7) is 2.74. The van der Waals surface area contributed by atoms with Crippen molar-refractivity contribution in [1.29, 1.82) is 0 Å². The lowest BCUT2D eigenvalue weighted by atomic mass is 10.2. The van der Waals surface area contributed by atoms with Gasteiger partial charge in [0.25, 0.3) is 0 Å². The highest BCUT2D eigenvalue weighted by molar-refractivity contribution is 7.09. The van der Waals surface area contributed by atoms with Crippen molar-refractivity contribution < 1.29 is 0 Å². The smallest absolute Gasteiger partial charge is 0.0134 e. The van der Waals surface area contributed by atoms with Crippen LogP contribution in [0.5, 0.6) is 0 Å². The molecule has 1 heterocycles. The van der Waals surface area contributed by atoms with Crippen LogP contribution in [0.1, 0.15) is 11.8 Å². The van der Waals surface area contributed by atoms with Crippen LogP contribution in [-0.4, -0.2) is 6.54 Å². The zero-order chi connectivity index (χ0) is 8.10. The van der Waals surface area contributed by atoms with Gasteiger partial charge in [0.15, 0.2) is 0 Å². The van der Waals surface area contributed by atoms with Crippen molar-refractivity contribution in [3.05, 3.63) is 34.0 Å². The Morgan fingerprint density at radius 2 is 2.55 bits per heavy atom. The van der Waals surface area contributed by atoms with Crippen molar-refractivity contribution in [1.82, 2.24) is 0 Å². The molecule has 0 spiro atoms. The average molecular weight is 167 g/mol. The summed E-state index contributed by atoms with van der Waals surface area (Å²) < 4.78 is 0. The van der Waals surface area contributed by atoms with E-state index in [1.54, 1.807) is 11.3 Å². The summed E-state index contributed by atoms with van der Waals surface area (Å²) in [5.41, 5.74) is 6.71. The van der Waals surface area contributed by atoms with Crippen molar-refractivity contribution in [2.24, 2.45) is 5.73 Å². The molecule has 0 unspecified atom stereocenters. The predicted molar refractivity (Wildman–Crippen MR) is 50.8 cm³/mol. The average Bonchev–Trinajstić information content (AvgIpc) is 2.52. The Morgan fingerprint density at radius 3 is 3.09 bits per heavy atom. The molecule has 0 amide bonds. The van der Waals surface area contributed by atoms with E-state index in [-0.39, 0.29) is 0 Å². The first-order valence-electron chi connectivity index (χ1n) is 3.71. The number of rotatable bonds is 3. The molecule has 0 radical (unpaired) electrons. The van der Waals surface area contributed by atoms with E-state index < -0.39 is 0 Å². The Hall–Kier alpha value is -0.600. The van der Waals surface area contributed by atoms with Crippen LogP contribution < -0.4 is 5.73 Å². The third-order valence-corrected chi connectivity index (χ3v) is 2.45. The Balaban J connectivity index is 2.45. The maximum absolute atomic E-state index is 5.45. The molecule has 0 aromatic carbocycles. The minimum atomic E-state index is 0.672. The van der Waals surface area contributed by atoms with Gasteiger partial charge in [-0.1, -0.05) is 17.7 Å². The first kappa shape index (κ1) is 8.50. The van der Waals surface area contributed by atoms with Crippen molar-refractivity contribution >= 4 is 11.3 Å². The second-order valence-electron chi connectivity index (χ2n) is 2.54. The summed E-state index contributed by atoms with van der Waals surface area (Å²) in [7, 11) is 0. The Bertz CT molecular complexity index is 224. The molecule has 2 heteroatoms. The van der Waals surface area contributed by atoms with Crippen molar-refractivity contribution in [3.63, 3.8) is 0 Å². The molecule has 0 saturated heterocycles. The van der Waals surface area contributed by atoms with Gasteiger partial charge >= 0.3 is 0 Å². The topological polar surface area (TPSA) is 26.0 Å². The van der Waals surface area contributed by atoms with E-state index in [1.165, 1.54) is 10.5 Å². The van der Waals surface area contributed by atoms with Gasteiger partial charge in [0.05, 0.1) is 0 Å². The molecule has 1 aromatic rings. The second-order valence-corrected chi connectivity index (χ2v) is 3.57. The number of nitrogens with two attached hydrogens (primary N) is 1. The lowest BCUT2D eigenvalue weighted by molar-refractivity contribution is 1.11. The van der Waals surface area contributed by atoms with Crippen LogP contribution in [0.15, 0.2) is 29.2 Å². The SMILES string of the molecule is C/C(=C/Cc1cccs1)CN. The first-order chi connectivity index (χ1) is 5.33. The third kappa shape index (κ3) is 2.87. The highest BCUT2D eigenvalue weighted by Gasteiger charge is 1.89. The fourth-order valence-corrected chi connectivity index (χ4v) is 1.46. The maximum Gasteiger partial charge on any atom is 0.0134 e. The molecule has 0 fully saturated rings. The molecule has 1 rings (SSSR count). The van der Waals surface area contributed by atoms with Crippen molar-refractivity contribution in [2.45, 2.75) is 13.3 Å². The van der Waals surface area contributed by atoms with Gasteiger partial charge in [-0.15, -0.1) is 11.3 Å². The van der Waals surface area contributed by atoms with Gasteiger partial charge < -0.3 is 5.73 Å². The molecular weight excluding hydrogens is 154 g/mol. The highest BCUT2D eigenvalue weighted by Crippen LogP contribution is 2.10. The zero-order valence-electron chi connectivity index (χ0n) is 6.71. The minimum Gasteiger partial charge on any atom is -0.327 e. The molecule has 1 aromatic heterocycles. The summed E-state index contributed by atoms with van der Waals surface area (Å²) in [5, 5.41) is 2.10. The van der Waals surface area contributed by atoms with Crippen LogP contribution in [0, 0.1) is 0 Å². The van der Waals surface area contributed by atoms with Gasteiger partial charge in [-0.2, -0.15) is 0 Å². The lowest BCUT2D eigenvalue weighted by Gasteiger charge is -1.93. The van der Waals surface area contributed by atoms with Crippen LogP contribution >= 0.6 is 11.3 Å². The normalized spacial score (nSPS) is 12.0. The van der Waals surface area contributed by atoms with Crippen LogP contribution in [0.3, 0.4) is 0 Å². The second kappa shape index (κ2) is 4.31. The van der Waals surface area contributed by atoms with E-state index in [4.69, 9.17) is 5.73 Å². The number of allylic oxidation sites excluding steroid dienone is 1. The van der Waals surface area contributed by atoms with Gasteiger partial charge in [0, 0.05) is 17.8 Å². The fraction of sp³-hybridized carbons (Fsp3) is 0.333. The third-order valence-electron chi connectivity index (χ3n) is 1.55. The number of hydrogen-bond acceptors (Lipinski definition) is 2. The summed E-state index contributed by atoms with van der Waals surface area (Å²) in [6, 6.07) is 4.22. The summed E-state index contributed by atoms with van der Waals surface area (Å²) >= 11 is 1.79. The fourth-order valence-electron chi connectivity index (χ4n) is 0.787. The zero-order valence-corrected chi connectivity index (χ0v) is 7.53. The number of thiophene rings is 1. The van der Waals surface area contributed by atoms with Gasteiger partial charge in [-0.25, -0.2) is 0 Å². The van der Waals surface area contributed by atoms with E-state index >= 15 is 0 Å². The molecule has 0 saturated carbocycles. The summed E-state index contributed by atoms with van der Waals surface area (Å²) in [6.07, 6.45) is 3.21. The Kier molecular flexibility index (Phi) is 3.33. The van der Waals surface area contributed by atoms with E-state index in [1.807, 2.05) is 0 Å². The van der Waals surface area contributed by atoms with Crippen LogP contribution in [-0.2, 0) is 6.42 Å². The molecule has 2 N–H and O–H groups in total. The van der Waals surface area contributed by atoms with E-state index in [2.05, 4.69) is 30.5 Å². The molecule has 1 nitrogen and oxygen atoms in total. The number of hydrogen-bond donors (Lipinski definition) is 1. The largest absolute Gasteiger partial charge is 0.327 e. The first-order valence-corrected chi connectivity index (χ1v) is 4.59. The molecule has 0 bridgehead atoms. The minimum absolute atomic E-state index is 0.672. The summed E-state index contributed by atoms with van der Waals surface area (Å²) in [5.74, 6) is 0. The van der Waals surface area contributed by atoms with Gasteiger partial charge in [-0.05, 0) is 18.4 Å². The summed E-state index contributed by atoms with van der Waals surface area (Å²) in [4.78, 5) is 1.40. The molecule has 0 aliphatic heterocycles. The molecule has 60 valence electrons. The monoisotopic (exact) mass is 167 g/mol. The molecule has 11 heavy (non-hydrogen) atoms.